The highest BCUT2D eigenvalue weighted by atomic mass is 16.7. The van der Waals surface area contributed by atoms with Gasteiger partial charge in [0.2, 0.25) is 6.79 Å². The largest absolute Gasteiger partial charge is 0.454 e. The predicted octanol–water partition coefficient (Wildman–Crippen LogP) is 2.79. The molecule has 6 nitrogen and oxygen atoms in total. The number of nitrogens with one attached hydrogen (secondary N) is 1. The minimum Gasteiger partial charge on any atom is -0.454 e. The highest BCUT2D eigenvalue weighted by Crippen LogP contribution is 2.36. The van der Waals surface area contributed by atoms with E-state index in [2.05, 4.69) is 10.3 Å². The quantitative estimate of drug-likeness (QED) is 0.703. The van der Waals surface area contributed by atoms with E-state index in [1.165, 1.54) is 0 Å². The lowest BCUT2D eigenvalue weighted by Crippen LogP contribution is -2.10. The molecule has 1 aliphatic heterocycles. The van der Waals surface area contributed by atoms with Gasteiger partial charge in [-0.05, 0) is 49.4 Å². The monoisotopic (exact) mass is 322 g/mol. The van der Waals surface area contributed by atoms with Crippen molar-refractivity contribution in [1.29, 1.82) is 0 Å². The molecule has 4 rings (SSSR count). The van der Waals surface area contributed by atoms with Crippen LogP contribution in [0.2, 0.25) is 0 Å². The Kier molecular flexibility index (Phi) is 3.88. The van der Waals surface area contributed by atoms with Crippen LogP contribution in [0, 0.1) is 0 Å². The van der Waals surface area contributed by atoms with Gasteiger partial charge < -0.3 is 20.5 Å². The van der Waals surface area contributed by atoms with Crippen LogP contribution in [-0.2, 0) is 0 Å². The third-order valence-corrected chi connectivity index (χ3v) is 3.94. The van der Waals surface area contributed by atoms with E-state index in [-0.39, 0.29) is 6.79 Å². The fourth-order valence-electron chi connectivity index (χ4n) is 2.72. The maximum atomic E-state index is 5.58. The number of hydrogen-bond acceptors (Lipinski definition) is 6. The molecule has 2 aromatic heterocycles. The number of rotatable bonds is 5. The highest BCUT2D eigenvalue weighted by Gasteiger charge is 2.15. The maximum Gasteiger partial charge on any atom is 0.231 e. The van der Waals surface area contributed by atoms with Crippen molar-refractivity contribution in [3.05, 3.63) is 42.6 Å². The summed E-state index contributed by atoms with van der Waals surface area (Å²) in [5.74, 6) is 2.33. The second-order valence-corrected chi connectivity index (χ2v) is 5.56. The Hall–Kier alpha value is -2.86. The number of benzene rings is 1. The molecule has 3 N–H and O–H groups in total. The van der Waals surface area contributed by atoms with E-state index >= 15 is 0 Å². The number of hydrogen-bond donors (Lipinski definition) is 2. The third-order valence-electron chi connectivity index (χ3n) is 3.94. The van der Waals surface area contributed by atoms with Crippen molar-refractivity contribution in [2.75, 3.05) is 25.2 Å². The van der Waals surface area contributed by atoms with Crippen molar-refractivity contribution in [3.8, 4) is 22.8 Å². The predicted molar refractivity (Wildman–Crippen MR) is 93.3 cm³/mol. The number of aromatic nitrogens is 2. The zero-order valence-electron chi connectivity index (χ0n) is 13.2. The van der Waals surface area contributed by atoms with Gasteiger partial charge in [0, 0.05) is 23.7 Å². The summed E-state index contributed by atoms with van der Waals surface area (Å²) in [5, 5.41) is 4.36. The molecule has 0 aliphatic carbocycles. The van der Waals surface area contributed by atoms with Crippen molar-refractivity contribution in [2.45, 2.75) is 6.42 Å². The van der Waals surface area contributed by atoms with Gasteiger partial charge >= 0.3 is 0 Å². The van der Waals surface area contributed by atoms with Crippen LogP contribution < -0.4 is 20.5 Å². The van der Waals surface area contributed by atoms with Gasteiger partial charge in [0.15, 0.2) is 11.5 Å². The van der Waals surface area contributed by atoms with Crippen LogP contribution in [0.4, 0.5) is 5.82 Å². The summed E-state index contributed by atoms with van der Waals surface area (Å²) in [7, 11) is 0. The molecule has 1 aromatic carbocycles. The van der Waals surface area contributed by atoms with E-state index in [4.69, 9.17) is 20.2 Å². The lowest BCUT2D eigenvalue weighted by Gasteiger charge is -2.11. The third kappa shape index (κ3) is 2.72. The average molecular weight is 322 g/mol. The minimum atomic E-state index is 0.261. The zero-order chi connectivity index (χ0) is 16.4. The molecule has 3 heterocycles. The highest BCUT2D eigenvalue weighted by molar-refractivity contribution is 5.92. The number of nitrogens with zero attached hydrogens (tertiary/aromatic N) is 2. The summed E-state index contributed by atoms with van der Waals surface area (Å²) < 4.78 is 10.8. The van der Waals surface area contributed by atoms with Crippen molar-refractivity contribution in [2.24, 2.45) is 5.73 Å². The van der Waals surface area contributed by atoms with Crippen molar-refractivity contribution in [3.63, 3.8) is 0 Å². The molecule has 122 valence electrons. The molecule has 0 saturated heterocycles. The lowest BCUT2D eigenvalue weighted by molar-refractivity contribution is 0.174. The summed E-state index contributed by atoms with van der Waals surface area (Å²) in [4.78, 5) is 9.25. The van der Waals surface area contributed by atoms with Gasteiger partial charge in [0.05, 0.1) is 11.2 Å². The molecule has 3 aromatic rings. The SMILES string of the molecule is NCCCNc1nc(-c2ccc3c(c2)OCO3)cc2ncccc12. The minimum absolute atomic E-state index is 0.261. The van der Waals surface area contributed by atoms with Crippen LogP contribution in [-0.4, -0.2) is 29.9 Å². The van der Waals surface area contributed by atoms with Crippen molar-refractivity contribution in [1.82, 2.24) is 9.97 Å². The van der Waals surface area contributed by atoms with Crippen LogP contribution in [0.15, 0.2) is 42.6 Å². The van der Waals surface area contributed by atoms with E-state index in [0.29, 0.717) is 6.54 Å². The van der Waals surface area contributed by atoms with Gasteiger partial charge in [-0.25, -0.2) is 4.98 Å². The number of anilines is 1. The van der Waals surface area contributed by atoms with E-state index in [9.17, 15) is 0 Å². The fourth-order valence-corrected chi connectivity index (χ4v) is 2.72. The molecule has 24 heavy (non-hydrogen) atoms. The van der Waals surface area contributed by atoms with Crippen LogP contribution in [0.25, 0.3) is 22.2 Å². The normalized spacial score (nSPS) is 12.5. The van der Waals surface area contributed by atoms with E-state index in [1.807, 2.05) is 36.4 Å². The Balaban J connectivity index is 1.77. The van der Waals surface area contributed by atoms with E-state index in [1.54, 1.807) is 6.20 Å². The lowest BCUT2D eigenvalue weighted by atomic mass is 10.1. The standard InChI is InChI=1S/C18H18N4O2/c19-6-2-8-21-18-13-3-1-7-20-15(13)10-14(22-18)12-4-5-16-17(9-12)24-11-23-16/h1,3-5,7,9-10H,2,6,8,11,19H2,(H,21,22). The summed E-state index contributed by atoms with van der Waals surface area (Å²) in [6, 6.07) is 11.8. The fraction of sp³-hybridized carbons (Fsp3) is 0.222. The van der Waals surface area contributed by atoms with E-state index in [0.717, 1.165) is 52.4 Å². The Labute approximate surface area is 139 Å². The van der Waals surface area contributed by atoms with Gasteiger partial charge in [0.1, 0.15) is 5.82 Å². The topological polar surface area (TPSA) is 82.3 Å². The molecule has 1 aliphatic rings. The molecule has 0 bridgehead atoms. The second kappa shape index (κ2) is 6.33. The molecule has 0 spiro atoms. The number of ether oxygens (including phenoxy) is 2. The van der Waals surface area contributed by atoms with Gasteiger partial charge in [-0.1, -0.05) is 0 Å². The molecular weight excluding hydrogens is 304 g/mol. The Morgan fingerprint density at radius 3 is 2.96 bits per heavy atom. The number of pyridine rings is 2. The van der Waals surface area contributed by atoms with Gasteiger partial charge in [-0.2, -0.15) is 0 Å². The first-order chi connectivity index (χ1) is 11.8. The second-order valence-electron chi connectivity index (χ2n) is 5.56. The molecule has 0 atom stereocenters. The summed E-state index contributed by atoms with van der Waals surface area (Å²) in [6.07, 6.45) is 2.67. The van der Waals surface area contributed by atoms with Gasteiger partial charge in [0.25, 0.3) is 0 Å². The first-order valence-electron chi connectivity index (χ1n) is 7.95. The molecule has 0 fully saturated rings. The summed E-state index contributed by atoms with van der Waals surface area (Å²) in [5.41, 5.74) is 8.29. The number of nitrogens with two attached hydrogens (primary N) is 1. The van der Waals surface area contributed by atoms with Crippen LogP contribution in [0.3, 0.4) is 0 Å². The first kappa shape index (κ1) is 14.7. The van der Waals surface area contributed by atoms with Crippen LogP contribution >= 0.6 is 0 Å². The van der Waals surface area contributed by atoms with Crippen molar-refractivity contribution >= 4 is 16.7 Å². The molecule has 6 heteroatoms. The average Bonchev–Trinajstić information content (AvgIpc) is 3.09. The molecular formula is C18H18N4O2. The Bertz CT molecular complexity index is 882. The number of fused-ring (bicyclic) bond motifs is 2. The molecule has 0 saturated carbocycles. The molecule has 0 unspecified atom stereocenters. The zero-order valence-corrected chi connectivity index (χ0v) is 13.2. The smallest absolute Gasteiger partial charge is 0.231 e. The molecule has 0 amide bonds. The van der Waals surface area contributed by atoms with Crippen molar-refractivity contribution < 1.29 is 9.47 Å². The van der Waals surface area contributed by atoms with Gasteiger partial charge in [-0.3, -0.25) is 4.98 Å². The first-order valence-corrected chi connectivity index (χ1v) is 7.95. The van der Waals surface area contributed by atoms with E-state index < -0.39 is 0 Å². The summed E-state index contributed by atoms with van der Waals surface area (Å²) in [6.45, 7) is 1.68. The molecule has 0 radical (unpaired) electrons. The van der Waals surface area contributed by atoms with Crippen LogP contribution in [0.1, 0.15) is 6.42 Å². The van der Waals surface area contributed by atoms with Crippen LogP contribution in [0.5, 0.6) is 11.5 Å². The Morgan fingerprint density at radius 2 is 2.04 bits per heavy atom. The Morgan fingerprint density at radius 1 is 1.12 bits per heavy atom. The van der Waals surface area contributed by atoms with Gasteiger partial charge in [-0.15, -0.1) is 0 Å². The maximum absolute atomic E-state index is 5.58. The summed E-state index contributed by atoms with van der Waals surface area (Å²) >= 11 is 0.